The molecule has 0 aliphatic rings. The van der Waals surface area contributed by atoms with Crippen molar-refractivity contribution in [2.24, 2.45) is 7.05 Å². The average Bonchev–Trinajstić information content (AvgIpc) is 2.71. The molecule has 3 aromatic heterocycles. The average molecular weight is 224 g/mol. The summed E-state index contributed by atoms with van der Waals surface area (Å²) < 4.78 is 1.82. The van der Waals surface area contributed by atoms with E-state index in [2.05, 4.69) is 15.1 Å². The quantitative estimate of drug-likeness (QED) is 0.637. The van der Waals surface area contributed by atoms with Crippen molar-refractivity contribution in [3.63, 3.8) is 0 Å². The number of hydrogen-bond acceptors (Lipinski definition) is 3. The van der Waals surface area contributed by atoms with Gasteiger partial charge in [-0.1, -0.05) is 0 Å². The number of fused-ring (bicyclic) bond motifs is 1. The van der Waals surface area contributed by atoms with Crippen molar-refractivity contribution in [2.45, 2.75) is 6.92 Å². The third kappa shape index (κ3) is 1.67. The first-order valence-electron chi connectivity index (χ1n) is 5.46. The fourth-order valence-electron chi connectivity index (χ4n) is 1.86. The predicted octanol–water partition coefficient (Wildman–Crippen LogP) is 2.34. The second kappa shape index (κ2) is 3.66. The first-order chi connectivity index (χ1) is 8.24. The van der Waals surface area contributed by atoms with Crippen LogP contribution >= 0.6 is 0 Å². The molecule has 0 unspecified atom stereocenters. The molecule has 3 heterocycles. The minimum absolute atomic E-state index is 0.884. The predicted molar refractivity (Wildman–Crippen MR) is 66.5 cm³/mol. The van der Waals surface area contributed by atoms with Crippen LogP contribution in [0.5, 0.6) is 0 Å². The van der Waals surface area contributed by atoms with Gasteiger partial charge in [-0.25, -0.2) is 4.98 Å². The Bertz CT molecular complexity index is 685. The Morgan fingerprint density at radius 2 is 2.00 bits per heavy atom. The maximum absolute atomic E-state index is 4.56. The van der Waals surface area contributed by atoms with Gasteiger partial charge in [-0.2, -0.15) is 5.10 Å². The summed E-state index contributed by atoms with van der Waals surface area (Å²) >= 11 is 0. The first kappa shape index (κ1) is 9.96. The summed E-state index contributed by atoms with van der Waals surface area (Å²) in [5.41, 5.74) is 4.89. The Labute approximate surface area is 98.9 Å². The van der Waals surface area contributed by atoms with Crippen molar-refractivity contribution in [3.05, 3.63) is 42.2 Å². The first-order valence-corrected chi connectivity index (χ1v) is 5.46. The Hall–Kier alpha value is -2.23. The number of hydrogen-bond donors (Lipinski definition) is 0. The number of nitrogens with zero attached hydrogens (tertiary/aromatic N) is 4. The molecule has 0 fully saturated rings. The molecule has 3 aromatic rings. The van der Waals surface area contributed by atoms with E-state index in [0.717, 1.165) is 22.4 Å². The minimum atomic E-state index is 0.884. The van der Waals surface area contributed by atoms with Crippen LogP contribution in [0.2, 0.25) is 0 Å². The molecular weight excluding hydrogens is 212 g/mol. The maximum atomic E-state index is 4.56. The molecule has 0 amide bonds. The molecule has 0 spiro atoms. The zero-order chi connectivity index (χ0) is 11.8. The van der Waals surface area contributed by atoms with Crippen molar-refractivity contribution in [3.8, 4) is 11.4 Å². The van der Waals surface area contributed by atoms with Gasteiger partial charge in [0.2, 0.25) is 0 Å². The van der Waals surface area contributed by atoms with Gasteiger partial charge in [-0.3, -0.25) is 9.67 Å². The summed E-state index contributed by atoms with van der Waals surface area (Å²) in [6.07, 6.45) is 3.58. The number of rotatable bonds is 1. The molecule has 0 bridgehead atoms. The topological polar surface area (TPSA) is 43.6 Å². The van der Waals surface area contributed by atoms with Crippen LogP contribution < -0.4 is 0 Å². The largest absolute Gasteiger partial charge is 0.266 e. The van der Waals surface area contributed by atoms with Gasteiger partial charge < -0.3 is 0 Å². The van der Waals surface area contributed by atoms with Crippen LogP contribution in [0.3, 0.4) is 0 Å². The summed E-state index contributed by atoms with van der Waals surface area (Å²) in [5, 5.41) is 4.18. The number of pyridine rings is 2. The van der Waals surface area contributed by atoms with Crippen LogP contribution in [0, 0.1) is 6.92 Å². The highest BCUT2D eigenvalue weighted by molar-refractivity contribution is 5.77. The van der Waals surface area contributed by atoms with E-state index in [1.54, 1.807) is 12.4 Å². The Morgan fingerprint density at radius 3 is 2.82 bits per heavy atom. The van der Waals surface area contributed by atoms with Gasteiger partial charge in [0, 0.05) is 13.2 Å². The van der Waals surface area contributed by atoms with E-state index in [4.69, 9.17) is 0 Å². The van der Waals surface area contributed by atoms with Gasteiger partial charge in [0.15, 0.2) is 0 Å². The third-order valence-electron chi connectivity index (χ3n) is 2.78. The lowest BCUT2D eigenvalue weighted by molar-refractivity contribution is 0.797. The van der Waals surface area contributed by atoms with Crippen molar-refractivity contribution in [1.82, 2.24) is 19.7 Å². The van der Waals surface area contributed by atoms with Crippen LogP contribution in [0.15, 0.2) is 36.7 Å². The summed E-state index contributed by atoms with van der Waals surface area (Å²) in [5.74, 6) is 0. The van der Waals surface area contributed by atoms with Crippen molar-refractivity contribution in [1.29, 1.82) is 0 Å². The fourth-order valence-corrected chi connectivity index (χ4v) is 1.86. The summed E-state index contributed by atoms with van der Waals surface area (Å²) in [7, 11) is 1.91. The molecule has 0 saturated heterocycles. The van der Waals surface area contributed by atoms with Crippen LogP contribution in [-0.2, 0) is 7.05 Å². The molecule has 0 radical (unpaired) electrons. The Morgan fingerprint density at radius 1 is 1.12 bits per heavy atom. The number of aryl methyl sites for hydroxylation is 2. The van der Waals surface area contributed by atoms with Gasteiger partial charge in [0.25, 0.3) is 0 Å². The molecule has 4 nitrogen and oxygen atoms in total. The SMILES string of the molecule is Cc1ccnc(-c2ccc3c(cnn3C)n2)c1. The van der Waals surface area contributed by atoms with Gasteiger partial charge in [-0.15, -0.1) is 0 Å². The second-order valence-corrected chi connectivity index (χ2v) is 4.09. The molecule has 4 heteroatoms. The zero-order valence-electron chi connectivity index (χ0n) is 9.75. The molecule has 3 rings (SSSR count). The van der Waals surface area contributed by atoms with E-state index in [-0.39, 0.29) is 0 Å². The van der Waals surface area contributed by atoms with Crippen LogP contribution in [0.25, 0.3) is 22.4 Å². The van der Waals surface area contributed by atoms with Gasteiger partial charge >= 0.3 is 0 Å². The van der Waals surface area contributed by atoms with Gasteiger partial charge in [-0.05, 0) is 36.8 Å². The second-order valence-electron chi connectivity index (χ2n) is 4.09. The van der Waals surface area contributed by atoms with Crippen molar-refractivity contribution < 1.29 is 0 Å². The lowest BCUT2D eigenvalue weighted by atomic mass is 10.2. The highest BCUT2D eigenvalue weighted by Crippen LogP contribution is 2.19. The summed E-state index contributed by atoms with van der Waals surface area (Å²) in [6, 6.07) is 8.01. The van der Waals surface area contributed by atoms with E-state index >= 15 is 0 Å². The Balaban J connectivity index is 2.18. The Kier molecular flexibility index (Phi) is 2.14. The van der Waals surface area contributed by atoms with Crippen LogP contribution in [-0.4, -0.2) is 19.7 Å². The van der Waals surface area contributed by atoms with Crippen LogP contribution in [0.1, 0.15) is 5.56 Å². The van der Waals surface area contributed by atoms with Gasteiger partial charge in [0.1, 0.15) is 5.52 Å². The lowest BCUT2D eigenvalue weighted by Gasteiger charge is -2.01. The fraction of sp³-hybridized carbons (Fsp3) is 0.154. The molecule has 0 N–H and O–H groups in total. The molecule has 0 aliphatic heterocycles. The monoisotopic (exact) mass is 224 g/mol. The van der Waals surface area contributed by atoms with Gasteiger partial charge in [0.05, 0.1) is 23.1 Å². The zero-order valence-corrected chi connectivity index (χ0v) is 9.75. The summed E-state index contributed by atoms with van der Waals surface area (Å²) in [4.78, 5) is 8.90. The van der Waals surface area contributed by atoms with E-state index in [0.29, 0.717) is 0 Å². The molecule has 0 aliphatic carbocycles. The molecule has 84 valence electrons. The lowest BCUT2D eigenvalue weighted by Crippen LogP contribution is -1.91. The number of aromatic nitrogens is 4. The smallest absolute Gasteiger partial charge is 0.109 e. The minimum Gasteiger partial charge on any atom is -0.266 e. The van der Waals surface area contributed by atoms with E-state index < -0.39 is 0 Å². The van der Waals surface area contributed by atoms with Crippen molar-refractivity contribution >= 4 is 11.0 Å². The maximum Gasteiger partial charge on any atom is 0.109 e. The highest BCUT2D eigenvalue weighted by Gasteiger charge is 2.05. The molecular formula is C13H12N4. The molecule has 0 saturated carbocycles. The van der Waals surface area contributed by atoms with E-state index in [9.17, 15) is 0 Å². The standard InChI is InChI=1S/C13H12N4/c1-9-5-6-14-11(7-9)10-3-4-13-12(16-10)8-15-17(13)2/h3-8H,1-2H3. The van der Waals surface area contributed by atoms with Crippen molar-refractivity contribution in [2.75, 3.05) is 0 Å². The summed E-state index contributed by atoms with van der Waals surface area (Å²) in [6.45, 7) is 2.05. The molecule has 0 atom stereocenters. The van der Waals surface area contributed by atoms with E-state index in [1.807, 2.05) is 42.9 Å². The molecule has 0 aromatic carbocycles. The normalized spacial score (nSPS) is 10.9. The third-order valence-corrected chi connectivity index (χ3v) is 2.78. The van der Waals surface area contributed by atoms with Crippen LogP contribution in [0.4, 0.5) is 0 Å². The highest BCUT2D eigenvalue weighted by atomic mass is 15.3. The van der Waals surface area contributed by atoms with E-state index in [1.165, 1.54) is 5.56 Å². The molecule has 17 heavy (non-hydrogen) atoms.